The molecule has 0 amide bonds. The second-order valence-corrected chi connectivity index (χ2v) is 4.98. The summed E-state index contributed by atoms with van der Waals surface area (Å²) in [5.41, 5.74) is 0.990. The second kappa shape index (κ2) is 6.11. The molecule has 1 aliphatic rings. The molecule has 0 saturated carbocycles. The van der Waals surface area contributed by atoms with Crippen molar-refractivity contribution in [1.29, 1.82) is 0 Å². The van der Waals surface area contributed by atoms with E-state index in [9.17, 15) is 0 Å². The Labute approximate surface area is 118 Å². The van der Waals surface area contributed by atoms with Gasteiger partial charge < -0.3 is 4.74 Å². The van der Waals surface area contributed by atoms with Gasteiger partial charge in [0, 0.05) is 19.5 Å². The van der Waals surface area contributed by atoms with Crippen LogP contribution < -0.4 is 0 Å². The lowest BCUT2D eigenvalue weighted by Gasteiger charge is -2.14. The van der Waals surface area contributed by atoms with Crippen LogP contribution in [0, 0.1) is 0 Å². The number of nitrogens with zero attached hydrogens (tertiary/aromatic N) is 5. The van der Waals surface area contributed by atoms with Crippen molar-refractivity contribution in [3.8, 4) is 5.69 Å². The Morgan fingerprint density at radius 1 is 1.20 bits per heavy atom. The maximum absolute atomic E-state index is 5.14. The Morgan fingerprint density at radius 2 is 1.95 bits per heavy atom. The maximum Gasteiger partial charge on any atom is 0.177 e. The van der Waals surface area contributed by atoms with Gasteiger partial charge in [-0.2, -0.15) is 0 Å². The first-order valence-electron chi connectivity index (χ1n) is 6.93. The molecule has 0 aromatic carbocycles. The van der Waals surface area contributed by atoms with Crippen molar-refractivity contribution < 1.29 is 4.74 Å². The quantitative estimate of drug-likeness (QED) is 0.824. The van der Waals surface area contributed by atoms with Gasteiger partial charge in [-0.25, -0.2) is 9.67 Å². The van der Waals surface area contributed by atoms with Gasteiger partial charge in [0.2, 0.25) is 0 Å². The fourth-order valence-corrected chi connectivity index (χ4v) is 2.52. The van der Waals surface area contributed by atoms with E-state index in [1.165, 1.54) is 12.8 Å². The average Bonchev–Trinajstić information content (AvgIpc) is 3.11. The molecule has 0 bridgehead atoms. The molecule has 0 spiro atoms. The summed E-state index contributed by atoms with van der Waals surface area (Å²) in [6.07, 6.45) is 6.09. The van der Waals surface area contributed by atoms with Crippen LogP contribution in [0.15, 0.2) is 24.5 Å². The molecule has 2 aromatic rings. The molecule has 0 aliphatic carbocycles. The number of rotatable bonds is 5. The maximum atomic E-state index is 5.14. The average molecular weight is 273 g/mol. The minimum absolute atomic E-state index is 0.436. The SMILES string of the molecule is COCc1nc(CN2CCCC2)n(-c2ccncc2)n1. The van der Waals surface area contributed by atoms with E-state index in [4.69, 9.17) is 4.74 Å². The van der Waals surface area contributed by atoms with Gasteiger partial charge in [-0.15, -0.1) is 5.10 Å². The number of ether oxygens (including phenoxy) is 1. The largest absolute Gasteiger partial charge is 0.377 e. The summed E-state index contributed by atoms with van der Waals surface area (Å²) in [6, 6.07) is 3.89. The Kier molecular flexibility index (Phi) is 4.03. The van der Waals surface area contributed by atoms with Crippen LogP contribution in [0.1, 0.15) is 24.5 Å². The van der Waals surface area contributed by atoms with Crippen molar-refractivity contribution in [1.82, 2.24) is 24.6 Å². The fourth-order valence-electron chi connectivity index (χ4n) is 2.52. The Hall–Kier alpha value is -1.79. The molecule has 0 unspecified atom stereocenters. The zero-order chi connectivity index (χ0) is 13.8. The summed E-state index contributed by atoms with van der Waals surface area (Å²) in [5, 5.41) is 4.54. The smallest absolute Gasteiger partial charge is 0.177 e. The van der Waals surface area contributed by atoms with Crippen LogP contribution in [0.25, 0.3) is 5.69 Å². The summed E-state index contributed by atoms with van der Waals surface area (Å²) in [5.74, 6) is 1.68. The lowest BCUT2D eigenvalue weighted by Crippen LogP contribution is -2.21. The van der Waals surface area contributed by atoms with Crippen LogP contribution >= 0.6 is 0 Å². The topological polar surface area (TPSA) is 56.1 Å². The highest BCUT2D eigenvalue weighted by Crippen LogP contribution is 2.15. The summed E-state index contributed by atoms with van der Waals surface area (Å²) in [7, 11) is 1.66. The van der Waals surface area contributed by atoms with Gasteiger partial charge in [0.15, 0.2) is 5.82 Å². The molecule has 0 atom stereocenters. The molecule has 6 heteroatoms. The third-order valence-corrected chi connectivity index (χ3v) is 3.46. The van der Waals surface area contributed by atoms with Crippen LogP contribution in [0.5, 0.6) is 0 Å². The van der Waals surface area contributed by atoms with Gasteiger partial charge in [-0.1, -0.05) is 0 Å². The van der Waals surface area contributed by atoms with Gasteiger partial charge in [-0.3, -0.25) is 9.88 Å². The number of pyridine rings is 1. The van der Waals surface area contributed by atoms with Crippen LogP contribution in [0.3, 0.4) is 0 Å². The molecule has 1 aliphatic heterocycles. The first-order valence-corrected chi connectivity index (χ1v) is 6.93. The molecule has 6 nitrogen and oxygen atoms in total. The normalized spacial score (nSPS) is 15.8. The summed E-state index contributed by atoms with van der Waals surface area (Å²) < 4.78 is 7.03. The van der Waals surface area contributed by atoms with E-state index in [0.717, 1.165) is 37.0 Å². The van der Waals surface area contributed by atoms with E-state index < -0.39 is 0 Å². The number of methoxy groups -OCH3 is 1. The number of hydrogen-bond donors (Lipinski definition) is 0. The number of aromatic nitrogens is 4. The zero-order valence-corrected chi connectivity index (χ0v) is 11.7. The molecular weight excluding hydrogens is 254 g/mol. The second-order valence-electron chi connectivity index (χ2n) is 4.98. The monoisotopic (exact) mass is 273 g/mol. The molecule has 0 N–H and O–H groups in total. The van der Waals surface area contributed by atoms with E-state index in [0.29, 0.717) is 6.61 Å². The number of hydrogen-bond acceptors (Lipinski definition) is 5. The summed E-state index contributed by atoms with van der Waals surface area (Å²) in [6.45, 7) is 3.55. The van der Waals surface area contributed by atoms with Crippen molar-refractivity contribution >= 4 is 0 Å². The minimum Gasteiger partial charge on any atom is -0.377 e. The van der Waals surface area contributed by atoms with Crippen LogP contribution in [0.2, 0.25) is 0 Å². The molecule has 20 heavy (non-hydrogen) atoms. The highest BCUT2D eigenvalue weighted by atomic mass is 16.5. The fraction of sp³-hybridized carbons (Fsp3) is 0.500. The van der Waals surface area contributed by atoms with E-state index in [2.05, 4.69) is 20.0 Å². The molecule has 0 radical (unpaired) electrons. The third kappa shape index (κ3) is 2.86. The minimum atomic E-state index is 0.436. The molecule has 2 aromatic heterocycles. The lowest BCUT2D eigenvalue weighted by atomic mass is 10.4. The van der Waals surface area contributed by atoms with Crippen molar-refractivity contribution in [2.24, 2.45) is 0 Å². The van der Waals surface area contributed by atoms with Crippen LogP contribution in [0.4, 0.5) is 0 Å². The van der Waals surface area contributed by atoms with Gasteiger partial charge in [0.05, 0.1) is 12.2 Å². The van der Waals surface area contributed by atoms with Gasteiger partial charge in [-0.05, 0) is 38.1 Å². The summed E-state index contributed by atoms with van der Waals surface area (Å²) >= 11 is 0. The molecule has 1 fully saturated rings. The number of likely N-dealkylation sites (tertiary alicyclic amines) is 1. The van der Waals surface area contributed by atoms with Crippen LogP contribution in [-0.2, 0) is 17.9 Å². The predicted octanol–water partition coefficient (Wildman–Crippen LogP) is 1.40. The molecule has 106 valence electrons. The van der Waals surface area contributed by atoms with Gasteiger partial charge >= 0.3 is 0 Å². The Bertz CT molecular complexity index is 548. The Balaban J connectivity index is 1.89. The predicted molar refractivity (Wildman–Crippen MR) is 74.4 cm³/mol. The standard InChI is InChI=1S/C14H19N5O/c1-20-11-13-16-14(10-18-8-2-3-9-18)19(17-13)12-4-6-15-7-5-12/h4-7H,2-3,8-11H2,1H3. The lowest BCUT2D eigenvalue weighted by molar-refractivity contribution is 0.177. The van der Waals surface area contributed by atoms with Crippen LogP contribution in [-0.4, -0.2) is 44.8 Å². The van der Waals surface area contributed by atoms with E-state index in [1.54, 1.807) is 19.5 Å². The van der Waals surface area contributed by atoms with E-state index >= 15 is 0 Å². The van der Waals surface area contributed by atoms with Crippen molar-refractivity contribution in [3.63, 3.8) is 0 Å². The molecular formula is C14H19N5O. The van der Waals surface area contributed by atoms with E-state index in [-0.39, 0.29) is 0 Å². The zero-order valence-electron chi connectivity index (χ0n) is 11.7. The molecule has 3 heterocycles. The molecule has 3 rings (SSSR count). The van der Waals surface area contributed by atoms with Crippen molar-refractivity contribution in [2.45, 2.75) is 26.0 Å². The van der Waals surface area contributed by atoms with Gasteiger partial charge in [0.1, 0.15) is 12.4 Å². The van der Waals surface area contributed by atoms with Crippen molar-refractivity contribution in [2.75, 3.05) is 20.2 Å². The van der Waals surface area contributed by atoms with E-state index in [1.807, 2.05) is 16.8 Å². The first kappa shape index (κ1) is 13.2. The molecule has 1 saturated heterocycles. The van der Waals surface area contributed by atoms with Gasteiger partial charge in [0.25, 0.3) is 0 Å². The highest BCUT2D eigenvalue weighted by molar-refractivity contribution is 5.28. The summed E-state index contributed by atoms with van der Waals surface area (Å²) in [4.78, 5) is 11.1. The third-order valence-electron chi connectivity index (χ3n) is 3.46. The first-order chi connectivity index (χ1) is 9.86. The highest BCUT2D eigenvalue weighted by Gasteiger charge is 2.17. The Morgan fingerprint density at radius 3 is 2.65 bits per heavy atom. The van der Waals surface area contributed by atoms with Crippen molar-refractivity contribution in [3.05, 3.63) is 36.2 Å².